The molecule has 0 spiro atoms. The van der Waals surface area contributed by atoms with Crippen molar-refractivity contribution in [3.63, 3.8) is 0 Å². The highest BCUT2D eigenvalue weighted by Gasteiger charge is 2.17. The van der Waals surface area contributed by atoms with E-state index in [4.69, 9.17) is 15.0 Å². The molecule has 0 aliphatic heterocycles. The standard InChI is InChI=1S/C32H20N4S/c1-3-8-22(9-4-1)30-34-31(23-10-5-2-6-11-23)36-32(35-30)25-12-7-13-28-29(25)26-20-24(14-15-27(26)37-28)21-16-18-33-19-17-21/h1-20H. The second kappa shape index (κ2) is 9.04. The predicted octanol–water partition coefficient (Wildman–Crippen LogP) is 8.30. The SMILES string of the molecule is c1ccc(-c2nc(-c3ccccc3)nc(-c3cccc4sc5ccc(-c6ccncc6)cc5c34)n2)cc1. The summed E-state index contributed by atoms with van der Waals surface area (Å²) >= 11 is 1.79. The van der Waals surface area contributed by atoms with Crippen molar-refractivity contribution in [1.29, 1.82) is 0 Å². The van der Waals surface area contributed by atoms with Crippen LogP contribution in [-0.2, 0) is 0 Å². The first-order valence-electron chi connectivity index (χ1n) is 12.1. The molecule has 7 aromatic rings. The van der Waals surface area contributed by atoms with Crippen LogP contribution in [0.3, 0.4) is 0 Å². The Labute approximate surface area is 218 Å². The number of nitrogens with zero attached hydrogens (tertiary/aromatic N) is 4. The topological polar surface area (TPSA) is 51.6 Å². The Kier molecular flexibility index (Phi) is 5.26. The summed E-state index contributed by atoms with van der Waals surface area (Å²) in [5.74, 6) is 2.00. The fourth-order valence-corrected chi connectivity index (χ4v) is 5.78. The van der Waals surface area contributed by atoms with Gasteiger partial charge in [-0.05, 0) is 41.5 Å². The Morgan fingerprint density at radius 2 is 1.11 bits per heavy atom. The van der Waals surface area contributed by atoms with E-state index in [1.165, 1.54) is 20.2 Å². The number of hydrogen-bond acceptors (Lipinski definition) is 5. The van der Waals surface area contributed by atoms with Gasteiger partial charge in [-0.25, -0.2) is 15.0 Å². The minimum absolute atomic E-state index is 0.665. The van der Waals surface area contributed by atoms with Crippen LogP contribution in [0.5, 0.6) is 0 Å². The summed E-state index contributed by atoms with van der Waals surface area (Å²) in [4.78, 5) is 19.0. The van der Waals surface area contributed by atoms with Crippen molar-refractivity contribution >= 4 is 31.5 Å². The van der Waals surface area contributed by atoms with Gasteiger partial charge in [-0.2, -0.15) is 0 Å². The van der Waals surface area contributed by atoms with Crippen LogP contribution in [0.15, 0.2) is 122 Å². The summed E-state index contributed by atoms with van der Waals surface area (Å²) < 4.78 is 2.45. The van der Waals surface area contributed by atoms with Gasteiger partial charge in [0.25, 0.3) is 0 Å². The van der Waals surface area contributed by atoms with Crippen molar-refractivity contribution in [3.8, 4) is 45.3 Å². The van der Waals surface area contributed by atoms with E-state index in [1.54, 1.807) is 11.3 Å². The Balaban J connectivity index is 1.49. The van der Waals surface area contributed by atoms with Gasteiger partial charge in [0.2, 0.25) is 0 Å². The van der Waals surface area contributed by atoms with Crippen LogP contribution in [0, 0.1) is 0 Å². The normalized spacial score (nSPS) is 11.2. The van der Waals surface area contributed by atoms with E-state index in [9.17, 15) is 0 Å². The lowest BCUT2D eigenvalue weighted by Gasteiger charge is -2.09. The Bertz CT molecular complexity index is 1810. The third kappa shape index (κ3) is 3.96. The van der Waals surface area contributed by atoms with Crippen LogP contribution in [-0.4, -0.2) is 19.9 Å². The highest BCUT2D eigenvalue weighted by Crippen LogP contribution is 2.41. The van der Waals surface area contributed by atoms with Gasteiger partial charge in [-0.3, -0.25) is 4.98 Å². The summed E-state index contributed by atoms with van der Waals surface area (Å²) in [6.07, 6.45) is 3.66. The molecule has 5 heteroatoms. The summed E-state index contributed by atoms with van der Waals surface area (Å²) in [6, 6.07) is 37.3. The summed E-state index contributed by atoms with van der Waals surface area (Å²) in [5, 5.41) is 2.37. The maximum Gasteiger partial charge on any atom is 0.164 e. The highest BCUT2D eigenvalue weighted by atomic mass is 32.1. The smallest absolute Gasteiger partial charge is 0.164 e. The molecule has 0 radical (unpaired) electrons. The summed E-state index contributed by atoms with van der Waals surface area (Å²) in [7, 11) is 0. The average Bonchev–Trinajstić information content (AvgIpc) is 3.36. The average molecular weight is 493 g/mol. The van der Waals surface area contributed by atoms with Crippen LogP contribution < -0.4 is 0 Å². The number of hydrogen-bond donors (Lipinski definition) is 0. The van der Waals surface area contributed by atoms with Crippen LogP contribution in [0.4, 0.5) is 0 Å². The fourth-order valence-electron chi connectivity index (χ4n) is 4.67. The van der Waals surface area contributed by atoms with E-state index < -0.39 is 0 Å². The lowest BCUT2D eigenvalue weighted by molar-refractivity contribution is 1.08. The van der Waals surface area contributed by atoms with Crippen molar-refractivity contribution in [3.05, 3.63) is 122 Å². The molecule has 0 fully saturated rings. The van der Waals surface area contributed by atoms with E-state index in [2.05, 4.69) is 41.4 Å². The molecule has 0 N–H and O–H groups in total. The molecule has 37 heavy (non-hydrogen) atoms. The van der Waals surface area contributed by atoms with Crippen LogP contribution in [0.1, 0.15) is 0 Å². The fraction of sp³-hybridized carbons (Fsp3) is 0. The number of pyridine rings is 1. The third-order valence-corrected chi connectivity index (χ3v) is 7.59. The van der Waals surface area contributed by atoms with E-state index in [0.717, 1.165) is 27.8 Å². The van der Waals surface area contributed by atoms with Gasteiger partial charge in [-0.15, -0.1) is 11.3 Å². The Morgan fingerprint density at radius 1 is 0.459 bits per heavy atom. The number of fused-ring (bicyclic) bond motifs is 3. The molecule has 3 heterocycles. The van der Waals surface area contributed by atoms with Crippen molar-refractivity contribution in [2.45, 2.75) is 0 Å². The van der Waals surface area contributed by atoms with Gasteiger partial charge in [0, 0.05) is 49.3 Å². The van der Waals surface area contributed by atoms with E-state index >= 15 is 0 Å². The molecule has 0 saturated carbocycles. The largest absolute Gasteiger partial charge is 0.265 e. The van der Waals surface area contributed by atoms with Gasteiger partial charge >= 0.3 is 0 Å². The molecule has 4 aromatic carbocycles. The molecule has 0 amide bonds. The molecule has 3 aromatic heterocycles. The Hall–Kier alpha value is -4.74. The van der Waals surface area contributed by atoms with Gasteiger partial charge in [0.1, 0.15) is 0 Å². The minimum atomic E-state index is 0.665. The number of benzene rings is 4. The highest BCUT2D eigenvalue weighted by molar-refractivity contribution is 7.25. The van der Waals surface area contributed by atoms with Crippen molar-refractivity contribution < 1.29 is 0 Å². The zero-order valence-electron chi connectivity index (χ0n) is 19.7. The molecule has 0 atom stereocenters. The van der Waals surface area contributed by atoms with Gasteiger partial charge < -0.3 is 0 Å². The quantitative estimate of drug-likeness (QED) is 0.248. The van der Waals surface area contributed by atoms with Crippen molar-refractivity contribution in [2.75, 3.05) is 0 Å². The second-order valence-electron chi connectivity index (χ2n) is 8.77. The molecule has 0 unspecified atom stereocenters. The van der Waals surface area contributed by atoms with Crippen molar-refractivity contribution in [2.24, 2.45) is 0 Å². The van der Waals surface area contributed by atoms with Gasteiger partial charge in [0.15, 0.2) is 17.5 Å². The van der Waals surface area contributed by atoms with Crippen LogP contribution in [0.25, 0.3) is 65.5 Å². The molecule has 4 nitrogen and oxygen atoms in total. The number of rotatable bonds is 4. The second-order valence-corrected chi connectivity index (χ2v) is 9.85. The van der Waals surface area contributed by atoms with Crippen LogP contribution >= 0.6 is 11.3 Å². The molecule has 0 saturated heterocycles. The molecule has 174 valence electrons. The monoisotopic (exact) mass is 492 g/mol. The number of aromatic nitrogens is 4. The van der Waals surface area contributed by atoms with E-state index in [1.807, 2.05) is 85.2 Å². The Morgan fingerprint density at radius 3 is 1.78 bits per heavy atom. The summed E-state index contributed by atoms with van der Waals surface area (Å²) in [5.41, 5.74) is 5.24. The minimum Gasteiger partial charge on any atom is -0.265 e. The third-order valence-electron chi connectivity index (χ3n) is 6.45. The maximum atomic E-state index is 4.99. The molecular weight excluding hydrogens is 472 g/mol. The molecule has 7 rings (SSSR count). The first-order valence-corrected chi connectivity index (χ1v) is 12.9. The van der Waals surface area contributed by atoms with Gasteiger partial charge in [-0.1, -0.05) is 78.9 Å². The van der Waals surface area contributed by atoms with Gasteiger partial charge in [0.05, 0.1) is 0 Å². The first-order chi connectivity index (χ1) is 18.3. The van der Waals surface area contributed by atoms with Crippen LogP contribution in [0.2, 0.25) is 0 Å². The lowest BCUT2D eigenvalue weighted by Crippen LogP contribution is -2.00. The lowest BCUT2D eigenvalue weighted by atomic mass is 10.0. The zero-order chi connectivity index (χ0) is 24.6. The molecule has 0 aliphatic carbocycles. The summed E-state index contributed by atoms with van der Waals surface area (Å²) in [6.45, 7) is 0. The van der Waals surface area contributed by atoms with E-state index in [-0.39, 0.29) is 0 Å². The molecule has 0 bridgehead atoms. The van der Waals surface area contributed by atoms with E-state index in [0.29, 0.717) is 17.5 Å². The maximum absolute atomic E-state index is 4.99. The first kappa shape index (κ1) is 21.5. The molecular formula is C32H20N4S. The number of thiophene rings is 1. The molecule has 0 aliphatic rings. The van der Waals surface area contributed by atoms with Crippen molar-refractivity contribution in [1.82, 2.24) is 19.9 Å². The predicted molar refractivity (Wildman–Crippen MR) is 152 cm³/mol. The zero-order valence-corrected chi connectivity index (χ0v) is 20.6.